The Bertz CT molecular complexity index is 534. The van der Waals surface area contributed by atoms with E-state index in [0.29, 0.717) is 11.2 Å². The minimum absolute atomic E-state index is 0.140. The highest BCUT2D eigenvalue weighted by Gasteiger charge is 2.49. The van der Waals surface area contributed by atoms with E-state index >= 15 is 0 Å². The maximum atomic E-state index is 11.2. The molecule has 0 atom stereocenters. The van der Waals surface area contributed by atoms with Crippen LogP contribution in [0.2, 0.25) is 0 Å². The zero-order valence-corrected chi connectivity index (χ0v) is 14.0. The number of methoxy groups -OCH3 is 1. The lowest BCUT2D eigenvalue weighted by molar-refractivity contribution is -0.128. The van der Waals surface area contributed by atoms with Crippen molar-refractivity contribution in [3.8, 4) is 5.75 Å². The van der Waals surface area contributed by atoms with Crippen molar-refractivity contribution in [3.63, 3.8) is 0 Å². The summed E-state index contributed by atoms with van der Waals surface area (Å²) in [5, 5.41) is 0. The van der Waals surface area contributed by atoms with Gasteiger partial charge in [-0.05, 0) is 61.6 Å². The quantitative estimate of drug-likeness (QED) is 0.353. The molecule has 3 saturated carbocycles. The van der Waals surface area contributed by atoms with Crippen molar-refractivity contribution < 1.29 is 14.3 Å². The van der Waals surface area contributed by atoms with Crippen LogP contribution in [0.15, 0.2) is 50.1 Å². The Hall–Kier alpha value is -1.87. The Kier molecular flexibility index (Phi) is 5.42. The van der Waals surface area contributed by atoms with E-state index in [9.17, 15) is 4.79 Å². The number of ether oxygens (including phenoxy) is 2. The first-order valence-corrected chi connectivity index (χ1v) is 8.11. The van der Waals surface area contributed by atoms with Gasteiger partial charge in [0.1, 0.15) is 5.75 Å². The Balaban J connectivity index is 0.000000924. The lowest BCUT2D eigenvalue weighted by atomic mass is 9.56. The molecule has 3 nitrogen and oxygen atoms in total. The van der Waals surface area contributed by atoms with Crippen molar-refractivity contribution in [2.45, 2.75) is 49.5 Å². The molecule has 3 aliphatic carbocycles. The molecule has 0 unspecified atom stereocenters. The van der Waals surface area contributed by atoms with Crippen LogP contribution in [0.3, 0.4) is 0 Å². The van der Waals surface area contributed by atoms with Crippen molar-refractivity contribution in [1.29, 1.82) is 0 Å². The SMILES string of the molecule is C=C.C=CC(=O)Oc1ccc(C23CCC(OC)(CC2)CC3)cc1. The molecule has 0 N–H and O–H groups in total. The van der Waals surface area contributed by atoms with Crippen LogP contribution in [-0.2, 0) is 14.9 Å². The Morgan fingerprint density at radius 1 is 1.04 bits per heavy atom. The highest BCUT2D eigenvalue weighted by atomic mass is 16.5. The molecule has 3 fully saturated rings. The van der Waals surface area contributed by atoms with Crippen molar-refractivity contribution in [2.24, 2.45) is 0 Å². The minimum Gasteiger partial charge on any atom is -0.423 e. The third kappa shape index (κ3) is 3.40. The summed E-state index contributed by atoms with van der Waals surface area (Å²) < 4.78 is 10.9. The van der Waals surface area contributed by atoms with Gasteiger partial charge < -0.3 is 9.47 Å². The number of benzene rings is 1. The first-order chi connectivity index (χ1) is 11.1. The maximum Gasteiger partial charge on any atom is 0.335 e. The highest BCUT2D eigenvalue weighted by Crippen LogP contribution is 2.54. The summed E-state index contributed by atoms with van der Waals surface area (Å²) in [5.74, 6) is 0.166. The summed E-state index contributed by atoms with van der Waals surface area (Å²) in [6.07, 6.45) is 8.19. The van der Waals surface area contributed by atoms with E-state index in [1.807, 2.05) is 19.2 Å². The monoisotopic (exact) mass is 314 g/mol. The topological polar surface area (TPSA) is 35.5 Å². The molecule has 23 heavy (non-hydrogen) atoms. The van der Waals surface area contributed by atoms with E-state index in [4.69, 9.17) is 9.47 Å². The standard InChI is InChI=1S/C18H22O3.C2H4/c1-3-16(19)21-15-6-4-14(5-7-15)17-8-11-18(20-2,12-9-17)13-10-17;1-2/h3-7H,1,8-13H2,2H3;1-2H2. The van der Waals surface area contributed by atoms with E-state index in [2.05, 4.69) is 31.9 Å². The molecule has 0 heterocycles. The summed E-state index contributed by atoms with van der Waals surface area (Å²) in [4.78, 5) is 11.2. The van der Waals surface area contributed by atoms with Gasteiger partial charge in [0.05, 0.1) is 5.60 Å². The molecule has 1 aromatic rings. The number of rotatable bonds is 4. The van der Waals surface area contributed by atoms with Crippen LogP contribution >= 0.6 is 0 Å². The molecule has 0 saturated heterocycles. The molecule has 0 spiro atoms. The number of esters is 1. The third-order valence-corrected chi connectivity index (χ3v) is 5.46. The van der Waals surface area contributed by atoms with Crippen LogP contribution in [0.25, 0.3) is 0 Å². The van der Waals surface area contributed by atoms with Gasteiger partial charge in [0.25, 0.3) is 0 Å². The minimum atomic E-state index is -0.416. The second-order valence-corrected chi connectivity index (χ2v) is 6.32. The fourth-order valence-electron chi connectivity index (χ4n) is 3.92. The van der Waals surface area contributed by atoms with Gasteiger partial charge in [-0.15, -0.1) is 13.2 Å². The highest BCUT2D eigenvalue weighted by molar-refractivity contribution is 5.83. The van der Waals surface area contributed by atoms with Gasteiger partial charge in [-0.3, -0.25) is 0 Å². The average Bonchev–Trinajstić information content (AvgIpc) is 2.65. The van der Waals surface area contributed by atoms with Crippen molar-refractivity contribution in [3.05, 3.63) is 55.6 Å². The first kappa shape index (κ1) is 17.5. The van der Waals surface area contributed by atoms with Crippen LogP contribution in [0.1, 0.15) is 44.1 Å². The van der Waals surface area contributed by atoms with Crippen LogP contribution in [0, 0.1) is 0 Å². The number of hydrogen-bond acceptors (Lipinski definition) is 3. The van der Waals surface area contributed by atoms with Gasteiger partial charge in [-0.1, -0.05) is 18.7 Å². The molecule has 2 bridgehead atoms. The zero-order valence-electron chi connectivity index (χ0n) is 14.0. The summed E-state index contributed by atoms with van der Waals surface area (Å²) in [6.45, 7) is 9.41. The van der Waals surface area contributed by atoms with Crippen molar-refractivity contribution >= 4 is 5.97 Å². The molecule has 124 valence electrons. The fraction of sp³-hybridized carbons (Fsp3) is 0.450. The number of fused-ring (bicyclic) bond motifs is 3. The molecule has 0 radical (unpaired) electrons. The van der Waals surface area contributed by atoms with E-state index < -0.39 is 5.97 Å². The van der Waals surface area contributed by atoms with E-state index in [1.165, 1.54) is 30.9 Å². The first-order valence-electron chi connectivity index (χ1n) is 8.11. The van der Waals surface area contributed by atoms with Gasteiger partial charge in [-0.25, -0.2) is 4.79 Å². The Labute approximate surface area is 139 Å². The lowest BCUT2D eigenvalue weighted by Crippen LogP contribution is -2.49. The van der Waals surface area contributed by atoms with Crippen LogP contribution in [0.5, 0.6) is 5.75 Å². The molecule has 4 rings (SSSR count). The predicted octanol–water partition coefficient (Wildman–Crippen LogP) is 4.57. The van der Waals surface area contributed by atoms with Crippen LogP contribution < -0.4 is 4.74 Å². The molecule has 0 aromatic heterocycles. The van der Waals surface area contributed by atoms with Gasteiger partial charge in [0.15, 0.2) is 0 Å². The van der Waals surface area contributed by atoms with Gasteiger partial charge in [-0.2, -0.15) is 0 Å². The second-order valence-electron chi connectivity index (χ2n) is 6.32. The van der Waals surface area contributed by atoms with E-state index in [0.717, 1.165) is 19.3 Å². The molecule has 0 aliphatic heterocycles. The van der Waals surface area contributed by atoms with Gasteiger partial charge in [0, 0.05) is 13.2 Å². The number of hydrogen-bond donors (Lipinski definition) is 0. The van der Waals surface area contributed by atoms with Crippen molar-refractivity contribution in [2.75, 3.05) is 7.11 Å². The fourth-order valence-corrected chi connectivity index (χ4v) is 3.92. The molecule has 3 aliphatic rings. The van der Waals surface area contributed by atoms with Crippen LogP contribution in [0.4, 0.5) is 0 Å². The summed E-state index contributed by atoms with van der Waals surface area (Å²) in [7, 11) is 1.85. The van der Waals surface area contributed by atoms with Crippen LogP contribution in [-0.4, -0.2) is 18.7 Å². The summed E-state index contributed by atoms with van der Waals surface area (Å²) >= 11 is 0. The average molecular weight is 314 g/mol. The van der Waals surface area contributed by atoms with Gasteiger partial charge >= 0.3 is 5.97 Å². The maximum absolute atomic E-state index is 11.2. The molecule has 0 amide bonds. The lowest BCUT2D eigenvalue weighted by Gasteiger charge is -2.53. The second kappa shape index (κ2) is 7.14. The zero-order chi connectivity index (χ0) is 16.9. The molecule has 1 aromatic carbocycles. The largest absolute Gasteiger partial charge is 0.423 e. The van der Waals surface area contributed by atoms with E-state index in [1.54, 1.807) is 0 Å². The van der Waals surface area contributed by atoms with Gasteiger partial charge in [0.2, 0.25) is 0 Å². The molecular formula is C20H26O3. The Morgan fingerprint density at radius 2 is 1.57 bits per heavy atom. The third-order valence-electron chi connectivity index (χ3n) is 5.46. The summed E-state index contributed by atoms with van der Waals surface area (Å²) in [6, 6.07) is 7.99. The number of carbonyl (C=O) groups excluding carboxylic acids is 1. The predicted molar refractivity (Wildman–Crippen MR) is 92.6 cm³/mol. The molecule has 3 heteroatoms. The van der Waals surface area contributed by atoms with Crippen molar-refractivity contribution in [1.82, 2.24) is 0 Å². The van der Waals surface area contributed by atoms with E-state index in [-0.39, 0.29) is 5.60 Å². The number of carbonyl (C=O) groups is 1. The summed E-state index contributed by atoms with van der Waals surface area (Å²) in [5.41, 5.74) is 1.80. The molecular weight excluding hydrogens is 288 g/mol. The Morgan fingerprint density at radius 3 is 2.00 bits per heavy atom. The normalized spacial score (nSPS) is 28.4. The smallest absolute Gasteiger partial charge is 0.335 e.